The molecule has 7 heteroatoms. The van der Waals surface area contributed by atoms with Gasteiger partial charge in [0.2, 0.25) is 10.0 Å². The molecule has 0 saturated heterocycles. The fourth-order valence-electron chi connectivity index (χ4n) is 3.32. The van der Waals surface area contributed by atoms with Crippen molar-refractivity contribution in [2.24, 2.45) is 0 Å². The maximum atomic E-state index is 12.8. The number of rotatable bonds is 7. The van der Waals surface area contributed by atoms with Crippen LogP contribution in [0.2, 0.25) is 0 Å². The summed E-state index contributed by atoms with van der Waals surface area (Å²) in [6.45, 7) is 2.25. The van der Waals surface area contributed by atoms with E-state index in [2.05, 4.69) is 16.1 Å². The highest BCUT2D eigenvalue weighted by Crippen LogP contribution is 2.31. The molecule has 6 nitrogen and oxygen atoms in total. The Morgan fingerprint density at radius 3 is 2.78 bits per heavy atom. The second-order valence-electron chi connectivity index (χ2n) is 6.63. The molecule has 0 aromatic heterocycles. The van der Waals surface area contributed by atoms with Gasteiger partial charge in [-0.3, -0.25) is 4.79 Å². The van der Waals surface area contributed by atoms with E-state index < -0.39 is 10.0 Å². The van der Waals surface area contributed by atoms with Crippen molar-refractivity contribution in [3.8, 4) is 0 Å². The topological polar surface area (TPSA) is 84.5 Å². The lowest BCUT2D eigenvalue weighted by atomic mass is 10.1. The number of benzene rings is 2. The summed E-state index contributed by atoms with van der Waals surface area (Å²) in [6, 6.07) is 12.6. The number of nitrogens with one attached hydrogen (secondary N) is 2. The molecule has 0 spiro atoms. The van der Waals surface area contributed by atoms with E-state index in [4.69, 9.17) is 4.74 Å². The van der Waals surface area contributed by atoms with Crippen LogP contribution >= 0.6 is 0 Å². The van der Waals surface area contributed by atoms with Crippen molar-refractivity contribution in [3.05, 3.63) is 64.7 Å². The predicted octanol–water partition coefficient (Wildman–Crippen LogP) is 2.34. The van der Waals surface area contributed by atoms with Gasteiger partial charge in [0, 0.05) is 19.2 Å². The van der Waals surface area contributed by atoms with E-state index >= 15 is 0 Å². The summed E-state index contributed by atoms with van der Waals surface area (Å²) in [5.41, 5.74) is 3.48. The Kier molecular flexibility index (Phi) is 5.94. The van der Waals surface area contributed by atoms with Crippen molar-refractivity contribution in [1.82, 2.24) is 10.0 Å². The number of fused-ring (bicyclic) bond motifs is 1. The smallest absolute Gasteiger partial charge is 0.252 e. The normalized spacial score (nSPS) is 16.1. The Balaban J connectivity index is 1.79. The van der Waals surface area contributed by atoms with Gasteiger partial charge in [0.1, 0.15) is 0 Å². The van der Waals surface area contributed by atoms with Crippen molar-refractivity contribution in [2.75, 3.05) is 20.3 Å². The summed E-state index contributed by atoms with van der Waals surface area (Å²) >= 11 is 0. The first-order chi connectivity index (χ1) is 12.9. The molecule has 0 fully saturated rings. The van der Waals surface area contributed by atoms with Crippen LogP contribution in [0.15, 0.2) is 47.4 Å². The number of methoxy groups -OCH3 is 1. The van der Waals surface area contributed by atoms with Gasteiger partial charge in [-0.2, -0.15) is 0 Å². The third-order valence-corrected chi connectivity index (χ3v) is 6.26. The van der Waals surface area contributed by atoms with E-state index in [9.17, 15) is 13.2 Å². The van der Waals surface area contributed by atoms with E-state index in [1.807, 2.05) is 18.2 Å². The molecule has 0 heterocycles. The Labute approximate surface area is 160 Å². The number of carbonyl (C=O) groups excluding carboxylic acids is 1. The second-order valence-corrected chi connectivity index (χ2v) is 8.40. The largest absolute Gasteiger partial charge is 0.383 e. The molecule has 27 heavy (non-hydrogen) atoms. The van der Waals surface area contributed by atoms with Crippen molar-refractivity contribution in [1.29, 1.82) is 0 Å². The molecule has 0 aliphatic heterocycles. The number of aryl methyl sites for hydroxylation is 2. The van der Waals surface area contributed by atoms with E-state index in [0.717, 1.165) is 24.0 Å². The monoisotopic (exact) mass is 388 g/mol. The molecule has 0 unspecified atom stereocenters. The fourth-order valence-corrected chi connectivity index (χ4v) is 4.36. The molecule has 1 atom stereocenters. The molecule has 2 aromatic carbocycles. The number of hydrogen-bond acceptors (Lipinski definition) is 4. The van der Waals surface area contributed by atoms with Gasteiger partial charge in [-0.1, -0.05) is 30.3 Å². The van der Waals surface area contributed by atoms with Crippen LogP contribution in [0.25, 0.3) is 0 Å². The third-order valence-electron chi connectivity index (χ3n) is 4.80. The molecule has 2 N–H and O–H groups in total. The zero-order valence-corrected chi connectivity index (χ0v) is 16.3. The first-order valence-corrected chi connectivity index (χ1v) is 10.4. The van der Waals surface area contributed by atoms with E-state index in [-0.39, 0.29) is 30.0 Å². The lowest BCUT2D eigenvalue weighted by Crippen LogP contribution is -2.29. The van der Waals surface area contributed by atoms with Crippen LogP contribution < -0.4 is 10.0 Å². The molecule has 2 aromatic rings. The minimum Gasteiger partial charge on any atom is -0.383 e. The Morgan fingerprint density at radius 1 is 1.22 bits per heavy atom. The van der Waals surface area contributed by atoms with Crippen molar-refractivity contribution < 1.29 is 17.9 Å². The van der Waals surface area contributed by atoms with Crippen molar-refractivity contribution >= 4 is 15.9 Å². The molecule has 3 rings (SSSR count). The van der Waals surface area contributed by atoms with Gasteiger partial charge < -0.3 is 10.1 Å². The highest BCUT2D eigenvalue weighted by atomic mass is 32.2. The Morgan fingerprint density at radius 2 is 2.00 bits per heavy atom. The van der Waals surface area contributed by atoms with Gasteiger partial charge in [-0.15, -0.1) is 0 Å². The highest BCUT2D eigenvalue weighted by molar-refractivity contribution is 7.89. The van der Waals surface area contributed by atoms with E-state index in [0.29, 0.717) is 5.56 Å². The van der Waals surface area contributed by atoms with Gasteiger partial charge in [0.15, 0.2) is 0 Å². The molecule has 0 saturated carbocycles. The maximum absolute atomic E-state index is 12.8. The fraction of sp³-hybridized carbons (Fsp3) is 0.350. The Hall–Kier alpha value is -2.22. The van der Waals surface area contributed by atoms with E-state index in [1.54, 1.807) is 13.0 Å². The van der Waals surface area contributed by atoms with Gasteiger partial charge in [-0.25, -0.2) is 13.1 Å². The summed E-state index contributed by atoms with van der Waals surface area (Å²) in [5.74, 6) is -0.261. The summed E-state index contributed by atoms with van der Waals surface area (Å²) in [7, 11) is -2.19. The number of hydrogen-bond donors (Lipinski definition) is 2. The third kappa shape index (κ3) is 4.37. The van der Waals surface area contributed by atoms with Gasteiger partial charge in [0.05, 0.1) is 17.5 Å². The van der Waals surface area contributed by atoms with Crippen molar-refractivity contribution in [3.63, 3.8) is 0 Å². The van der Waals surface area contributed by atoms with Crippen LogP contribution in [0.3, 0.4) is 0 Å². The standard InChI is InChI=1S/C20H24N2O4S/c1-14-7-9-16(27(24,25)21-11-12-26-2)13-18(14)20(23)22-19-10-8-15-5-3-4-6-17(15)19/h3-7,9,13,19,21H,8,10-12H2,1-2H3,(H,22,23)/t19-/m1/s1. The Bertz CT molecular complexity index is 941. The summed E-state index contributed by atoms with van der Waals surface area (Å²) in [6.07, 6.45) is 1.78. The molecule has 0 bridgehead atoms. The minimum atomic E-state index is -3.69. The van der Waals surface area contributed by atoms with Gasteiger partial charge in [0.25, 0.3) is 5.91 Å². The summed E-state index contributed by atoms with van der Waals surface area (Å²) in [4.78, 5) is 12.9. The van der Waals surface area contributed by atoms with E-state index in [1.165, 1.54) is 24.8 Å². The van der Waals surface area contributed by atoms with Crippen LogP contribution in [0, 0.1) is 6.92 Å². The van der Waals surface area contributed by atoms with Gasteiger partial charge in [-0.05, 0) is 48.6 Å². The first-order valence-electron chi connectivity index (χ1n) is 8.90. The molecule has 0 radical (unpaired) electrons. The summed E-state index contributed by atoms with van der Waals surface area (Å²) < 4.78 is 32.1. The average molecular weight is 388 g/mol. The second kappa shape index (κ2) is 8.21. The maximum Gasteiger partial charge on any atom is 0.252 e. The lowest BCUT2D eigenvalue weighted by molar-refractivity contribution is 0.0936. The van der Waals surface area contributed by atoms with Crippen LogP contribution in [-0.4, -0.2) is 34.6 Å². The number of amides is 1. The highest BCUT2D eigenvalue weighted by Gasteiger charge is 2.25. The number of sulfonamides is 1. The van der Waals surface area contributed by atoms with Crippen LogP contribution in [0.5, 0.6) is 0 Å². The molecular weight excluding hydrogens is 364 g/mol. The average Bonchev–Trinajstić information content (AvgIpc) is 3.05. The summed E-state index contributed by atoms with van der Waals surface area (Å²) in [5, 5.41) is 3.05. The molecular formula is C20H24N2O4S. The molecule has 1 amide bonds. The van der Waals surface area contributed by atoms with Crippen LogP contribution in [0.4, 0.5) is 0 Å². The number of ether oxygens (including phenoxy) is 1. The lowest BCUT2D eigenvalue weighted by Gasteiger charge is -2.16. The molecule has 1 aliphatic carbocycles. The minimum absolute atomic E-state index is 0.0480. The van der Waals surface area contributed by atoms with Crippen LogP contribution in [0.1, 0.15) is 39.5 Å². The molecule has 144 valence electrons. The zero-order valence-electron chi connectivity index (χ0n) is 15.5. The quantitative estimate of drug-likeness (QED) is 0.713. The van der Waals surface area contributed by atoms with Crippen LogP contribution in [-0.2, 0) is 21.2 Å². The first kappa shape index (κ1) is 19.5. The van der Waals surface area contributed by atoms with Gasteiger partial charge >= 0.3 is 0 Å². The van der Waals surface area contributed by atoms with Crippen molar-refractivity contribution in [2.45, 2.75) is 30.7 Å². The SMILES string of the molecule is COCCNS(=O)(=O)c1ccc(C)c(C(=O)N[C@@H]2CCc3ccccc32)c1. The predicted molar refractivity (Wildman–Crippen MR) is 103 cm³/mol. The zero-order chi connectivity index (χ0) is 19.4. The molecule has 1 aliphatic rings. The number of carbonyl (C=O) groups is 1.